The molecule has 0 spiro atoms. The third kappa shape index (κ3) is 3.29. The van der Waals surface area contributed by atoms with Crippen LogP contribution in [-0.4, -0.2) is 33.8 Å². The highest BCUT2D eigenvalue weighted by atomic mass is 32.2. The van der Waals surface area contributed by atoms with Crippen molar-refractivity contribution in [3.05, 3.63) is 35.1 Å². The van der Waals surface area contributed by atoms with Crippen LogP contribution < -0.4 is 5.73 Å². The number of benzene rings is 1. The molecule has 0 bridgehead atoms. The van der Waals surface area contributed by atoms with Crippen LogP contribution in [0, 0.1) is 12.7 Å². The van der Waals surface area contributed by atoms with Gasteiger partial charge in [-0.15, -0.1) is 0 Å². The van der Waals surface area contributed by atoms with E-state index in [2.05, 4.69) is 4.99 Å². The molecular formula is C18H26FN3OS. The largest absolute Gasteiger partial charge is 0.378 e. The second-order valence-corrected chi connectivity index (χ2v) is 8.17. The Kier molecular flexibility index (Phi) is 5.28. The van der Waals surface area contributed by atoms with Gasteiger partial charge in [0.25, 0.3) is 0 Å². The van der Waals surface area contributed by atoms with Crippen LogP contribution in [0.4, 0.5) is 4.39 Å². The Labute approximate surface area is 147 Å². The van der Waals surface area contributed by atoms with Crippen LogP contribution in [0.1, 0.15) is 45.2 Å². The molecule has 1 aromatic carbocycles. The van der Waals surface area contributed by atoms with Gasteiger partial charge in [0.2, 0.25) is 5.91 Å². The van der Waals surface area contributed by atoms with E-state index in [1.165, 1.54) is 11.8 Å². The molecular weight excluding hydrogens is 325 g/mol. The maximum absolute atomic E-state index is 14.7. The number of carbonyl (C=O) groups excluding carboxylic acids is 1. The molecule has 4 nitrogen and oxygen atoms in total. The second-order valence-electron chi connectivity index (χ2n) is 6.65. The van der Waals surface area contributed by atoms with Gasteiger partial charge < -0.3 is 10.6 Å². The van der Waals surface area contributed by atoms with Crippen LogP contribution >= 0.6 is 11.8 Å². The van der Waals surface area contributed by atoms with Crippen LogP contribution in [0.15, 0.2) is 23.2 Å². The van der Waals surface area contributed by atoms with E-state index in [-0.39, 0.29) is 11.7 Å². The molecule has 2 atom stereocenters. The van der Waals surface area contributed by atoms with Gasteiger partial charge in [0, 0.05) is 25.1 Å². The fourth-order valence-corrected chi connectivity index (χ4v) is 4.69. The molecule has 1 heterocycles. The lowest BCUT2D eigenvalue weighted by atomic mass is 9.82. The Morgan fingerprint density at radius 1 is 1.38 bits per heavy atom. The minimum atomic E-state index is -0.858. The van der Waals surface area contributed by atoms with Gasteiger partial charge >= 0.3 is 0 Å². The topological polar surface area (TPSA) is 58.7 Å². The molecule has 0 radical (unpaired) electrons. The molecule has 0 aromatic heterocycles. The SMILES string of the molecule is CCN(CC)C(=O)[C@@]1(C)C[C@@](C)(c2cccc(C)c2F)N=C(N)S1. The van der Waals surface area contributed by atoms with Crippen LogP contribution in [0.2, 0.25) is 0 Å². The van der Waals surface area contributed by atoms with Gasteiger partial charge in [0.15, 0.2) is 5.17 Å². The number of amides is 1. The number of halogens is 1. The summed E-state index contributed by atoms with van der Waals surface area (Å²) in [6, 6.07) is 5.28. The maximum atomic E-state index is 14.7. The predicted molar refractivity (Wildman–Crippen MR) is 98.7 cm³/mol. The van der Waals surface area contributed by atoms with Gasteiger partial charge in [-0.3, -0.25) is 9.79 Å². The van der Waals surface area contributed by atoms with Crippen LogP contribution in [0.3, 0.4) is 0 Å². The number of amidine groups is 1. The summed E-state index contributed by atoms with van der Waals surface area (Å²) in [6.07, 6.45) is 0.404. The molecule has 1 amide bonds. The normalized spacial score (nSPS) is 26.8. The van der Waals surface area contributed by atoms with Crippen molar-refractivity contribution < 1.29 is 9.18 Å². The van der Waals surface area contributed by atoms with E-state index >= 15 is 0 Å². The van der Waals surface area contributed by atoms with Crippen molar-refractivity contribution in [2.24, 2.45) is 10.7 Å². The van der Waals surface area contributed by atoms with E-state index in [4.69, 9.17) is 5.73 Å². The highest BCUT2D eigenvalue weighted by Crippen LogP contribution is 2.46. The second kappa shape index (κ2) is 6.75. The van der Waals surface area contributed by atoms with Crippen LogP contribution in [0.5, 0.6) is 0 Å². The summed E-state index contributed by atoms with van der Waals surface area (Å²) < 4.78 is 13.9. The quantitative estimate of drug-likeness (QED) is 0.904. The Morgan fingerprint density at radius 2 is 2.00 bits per heavy atom. The number of hydrogen-bond acceptors (Lipinski definition) is 4. The fourth-order valence-electron chi connectivity index (χ4n) is 3.41. The molecule has 24 heavy (non-hydrogen) atoms. The smallest absolute Gasteiger partial charge is 0.239 e. The number of nitrogens with two attached hydrogens (primary N) is 1. The maximum Gasteiger partial charge on any atom is 0.239 e. The van der Waals surface area contributed by atoms with Gasteiger partial charge in [-0.25, -0.2) is 4.39 Å². The number of rotatable bonds is 4. The minimum Gasteiger partial charge on any atom is -0.378 e. The van der Waals surface area contributed by atoms with Gasteiger partial charge in [0.05, 0.1) is 5.54 Å². The Bertz CT molecular complexity index is 674. The zero-order valence-electron chi connectivity index (χ0n) is 15.0. The minimum absolute atomic E-state index is 0.0228. The first-order chi connectivity index (χ1) is 11.2. The van der Waals surface area contributed by atoms with Crippen molar-refractivity contribution in [3.8, 4) is 0 Å². The van der Waals surface area contributed by atoms with E-state index < -0.39 is 10.3 Å². The number of aryl methyl sites for hydroxylation is 1. The third-order valence-electron chi connectivity index (χ3n) is 4.64. The number of nitrogens with zero attached hydrogens (tertiary/aromatic N) is 2. The van der Waals surface area contributed by atoms with Crippen molar-refractivity contribution >= 4 is 22.8 Å². The summed E-state index contributed by atoms with van der Waals surface area (Å²) in [5.74, 6) is -0.254. The summed E-state index contributed by atoms with van der Waals surface area (Å²) in [5.41, 5.74) is 6.25. The first-order valence-corrected chi connectivity index (χ1v) is 9.08. The van der Waals surface area contributed by atoms with Crippen molar-refractivity contribution in [1.29, 1.82) is 0 Å². The summed E-state index contributed by atoms with van der Waals surface area (Å²) >= 11 is 1.28. The molecule has 0 fully saturated rings. The molecule has 0 unspecified atom stereocenters. The Morgan fingerprint density at radius 3 is 2.58 bits per heavy atom. The third-order valence-corrected chi connectivity index (χ3v) is 5.71. The molecule has 0 saturated heterocycles. The number of aliphatic imine (C=N–C) groups is 1. The highest BCUT2D eigenvalue weighted by Gasteiger charge is 2.48. The van der Waals surface area contributed by atoms with E-state index in [1.807, 2.05) is 33.8 Å². The van der Waals surface area contributed by atoms with Gasteiger partial charge in [-0.1, -0.05) is 30.0 Å². The summed E-state index contributed by atoms with van der Waals surface area (Å²) in [6.45, 7) is 10.6. The lowest BCUT2D eigenvalue weighted by Crippen LogP contribution is -2.51. The molecule has 6 heteroatoms. The number of hydrogen-bond donors (Lipinski definition) is 1. The molecule has 1 aliphatic rings. The molecule has 132 valence electrons. The summed E-state index contributed by atoms with van der Waals surface area (Å²) in [7, 11) is 0. The van der Waals surface area contributed by atoms with Gasteiger partial charge in [-0.05, 0) is 40.2 Å². The molecule has 2 N–H and O–H groups in total. The monoisotopic (exact) mass is 351 g/mol. The zero-order valence-corrected chi connectivity index (χ0v) is 15.8. The van der Waals surface area contributed by atoms with Crippen molar-refractivity contribution in [2.75, 3.05) is 13.1 Å². The van der Waals surface area contributed by atoms with Gasteiger partial charge in [0.1, 0.15) is 10.6 Å². The predicted octanol–water partition coefficient (Wildman–Crippen LogP) is 3.43. The molecule has 0 aliphatic carbocycles. The Balaban J connectivity index is 2.48. The standard InChI is InChI=1S/C18H26FN3OS/c1-6-22(7-2)15(23)18(5)11-17(4,21-16(20)24-18)13-10-8-9-12(3)14(13)19/h8-10H,6-7,11H2,1-5H3,(H2,20,21)/t17-,18+/m0/s1. The van der Waals surface area contributed by atoms with E-state index in [1.54, 1.807) is 24.0 Å². The first-order valence-electron chi connectivity index (χ1n) is 8.26. The number of thioether (sulfide) groups is 1. The molecule has 1 aliphatic heterocycles. The first kappa shape index (κ1) is 18.8. The highest BCUT2D eigenvalue weighted by molar-refractivity contribution is 8.15. The average Bonchev–Trinajstić information content (AvgIpc) is 2.49. The fraction of sp³-hybridized carbons (Fsp3) is 0.556. The van der Waals surface area contributed by atoms with E-state index in [0.29, 0.717) is 35.8 Å². The lowest BCUT2D eigenvalue weighted by molar-refractivity contribution is -0.133. The molecule has 0 saturated carbocycles. The molecule has 2 rings (SSSR count). The van der Waals surface area contributed by atoms with E-state index in [9.17, 15) is 9.18 Å². The number of carbonyl (C=O) groups is 1. The van der Waals surface area contributed by atoms with E-state index in [0.717, 1.165) is 0 Å². The van der Waals surface area contributed by atoms with Crippen LogP contribution in [0.25, 0.3) is 0 Å². The molecule has 1 aromatic rings. The summed E-state index contributed by atoms with van der Waals surface area (Å²) in [5, 5.41) is 0.327. The van der Waals surface area contributed by atoms with Crippen molar-refractivity contribution in [1.82, 2.24) is 4.90 Å². The van der Waals surface area contributed by atoms with Gasteiger partial charge in [-0.2, -0.15) is 0 Å². The average molecular weight is 351 g/mol. The summed E-state index contributed by atoms with van der Waals surface area (Å²) in [4.78, 5) is 19.3. The van der Waals surface area contributed by atoms with Crippen molar-refractivity contribution in [2.45, 2.75) is 51.3 Å². The van der Waals surface area contributed by atoms with Crippen LogP contribution in [-0.2, 0) is 10.3 Å². The lowest BCUT2D eigenvalue weighted by Gasteiger charge is -2.42. The Hall–Kier alpha value is -1.56. The zero-order chi connectivity index (χ0) is 18.1. The van der Waals surface area contributed by atoms with Crippen molar-refractivity contribution in [3.63, 3.8) is 0 Å².